The molecule has 0 unspecified atom stereocenters. The lowest BCUT2D eigenvalue weighted by Crippen LogP contribution is -2.61. The number of β-lactam (4-membered cyclic amide) rings is 1. The molecule has 2 saturated heterocycles. The van der Waals surface area contributed by atoms with Crippen LogP contribution >= 0.6 is 11.6 Å². The van der Waals surface area contributed by atoms with E-state index in [2.05, 4.69) is 4.98 Å². The summed E-state index contributed by atoms with van der Waals surface area (Å²) in [6.07, 6.45) is -4.57. The number of anilines is 2. The minimum atomic E-state index is -4.57. The average Bonchev–Trinajstić information content (AvgIpc) is 2.76. The van der Waals surface area contributed by atoms with Gasteiger partial charge in [0.1, 0.15) is 17.0 Å². The second kappa shape index (κ2) is 8.18. The van der Waals surface area contributed by atoms with E-state index in [4.69, 9.17) is 17.3 Å². The summed E-state index contributed by atoms with van der Waals surface area (Å²) in [7, 11) is -3.81. The van der Waals surface area contributed by atoms with Gasteiger partial charge in [-0.25, -0.2) is 13.4 Å². The predicted molar refractivity (Wildman–Crippen MR) is 112 cm³/mol. The molecule has 2 aliphatic rings. The summed E-state index contributed by atoms with van der Waals surface area (Å²) < 4.78 is 66.3. The number of nitrogens with two attached hydrogens (primary N) is 1. The van der Waals surface area contributed by atoms with Crippen LogP contribution in [0.25, 0.3) is 0 Å². The van der Waals surface area contributed by atoms with Crippen molar-refractivity contribution in [3.8, 4) is 0 Å². The van der Waals surface area contributed by atoms with E-state index in [1.807, 2.05) is 0 Å². The smallest absolute Gasteiger partial charge is 0.354 e. The Morgan fingerprint density at radius 1 is 1.06 bits per heavy atom. The van der Waals surface area contributed by atoms with E-state index in [9.17, 15) is 26.4 Å². The summed E-state index contributed by atoms with van der Waals surface area (Å²) in [5.41, 5.74) is 5.22. The van der Waals surface area contributed by atoms with Crippen LogP contribution in [-0.2, 0) is 21.0 Å². The number of piperazine rings is 1. The van der Waals surface area contributed by atoms with Crippen LogP contribution < -0.4 is 15.5 Å². The van der Waals surface area contributed by atoms with Gasteiger partial charge in [0.15, 0.2) is 0 Å². The van der Waals surface area contributed by atoms with Crippen LogP contribution in [-0.4, -0.2) is 62.4 Å². The Bertz CT molecular complexity index is 1140. The molecule has 0 bridgehead atoms. The number of carbonyl (C=O) groups excluding carboxylic acids is 1. The van der Waals surface area contributed by atoms with Crippen molar-refractivity contribution >= 4 is 39.0 Å². The number of alkyl halides is 3. The molecule has 1 aromatic carbocycles. The lowest BCUT2D eigenvalue weighted by Gasteiger charge is -2.36. The van der Waals surface area contributed by atoms with E-state index in [0.717, 1.165) is 12.1 Å². The third kappa shape index (κ3) is 4.27. The summed E-state index contributed by atoms with van der Waals surface area (Å²) in [5, 5.41) is -0.286. The monoisotopic (exact) mass is 489 g/mol. The van der Waals surface area contributed by atoms with E-state index in [0.29, 0.717) is 12.2 Å². The zero-order chi connectivity index (χ0) is 23.3. The SMILES string of the molecule is N[C@H]1CN(c2ccc(S(=O)(=O)N3CCN(c4cc(C(F)(F)F)cc(Cl)n4)CC3)cc2)C1=O. The maximum Gasteiger partial charge on any atom is 0.416 e. The fraction of sp³-hybridized carbons (Fsp3) is 0.368. The summed E-state index contributed by atoms with van der Waals surface area (Å²) in [6, 6.07) is 7.04. The van der Waals surface area contributed by atoms with Crippen LogP contribution in [0.2, 0.25) is 5.15 Å². The summed E-state index contributed by atoms with van der Waals surface area (Å²) in [6.45, 7) is 0.822. The number of amides is 1. The standard InChI is InChI=1S/C19H19ClF3N5O3S/c20-16-9-12(19(21,22)23)10-17(25-16)26-5-7-27(8-6-26)32(30,31)14-3-1-13(2-4-14)28-11-15(24)18(28)29/h1-4,9-10,15H,5-8,11,24H2/t15-/m0/s1. The number of benzene rings is 1. The first-order valence-electron chi connectivity index (χ1n) is 9.64. The maximum atomic E-state index is 13.0. The van der Waals surface area contributed by atoms with Crippen molar-refractivity contribution in [1.29, 1.82) is 0 Å². The van der Waals surface area contributed by atoms with Gasteiger partial charge < -0.3 is 15.5 Å². The van der Waals surface area contributed by atoms with Crippen LogP contribution in [0.3, 0.4) is 0 Å². The molecule has 2 aliphatic heterocycles. The Labute approximate surface area is 187 Å². The fourth-order valence-electron chi connectivity index (χ4n) is 3.60. The van der Waals surface area contributed by atoms with Gasteiger partial charge in [-0.2, -0.15) is 17.5 Å². The van der Waals surface area contributed by atoms with E-state index >= 15 is 0 Å². The Morgan fingerprint density at radius 3 is 2.22 bits per heavy atom. The van der Waals surface area contributed by atoms with E-state index in [1.54, 1.807) is 17.0 Å². The first-order valence-corrected chi connectivity index (χ1v) is 11.5. The zero-order valence-electron chi connectivity index (χ0n) is 16.6. The van der Waals surface area contributed by atoms with Gasteiger partial charge in [-0.1, -0.05) is 11.6 Å². The van der Waals surface area contributed by atoms with Crippen molar-refractivity contribution < 1.29 is 26.4 Å². The third-order valence-electron chi connectivity index (χ3n) is 5.42. The van der Waals surface area contributed by atoms with E-state index < -0.39 is 27.8 Å². The number of hydrogen-bond donors (Lipinski definition) is 1. The summed E-state index contributed by atoms with van der Waals surface area (Å²) in [4.78, 5) is 18.8. The lowest BCUT2D eigenvalue weighted by molar-refractivity contribution is -0.137. The van der Waals surface area contributed by atoms with Crippen LogP contribution in [0.4, 0.5) is 24.7 Å². The average molecular weight is 490 g/mol. The highest BCUT2D eigenvalue weighted by Gasteiger charge is 2.36. The summed E-state index contributed by atoms with van der Waals surface area (Å²) in [5.74, 6) is -0.177. The molecule has 1 aromatic heterocycles. The van der Waals surface area contributed by atoms with Crippen LogP contribution in [0.15, 0.2) is 41.3 Å². The molecular weight excluding hydrogens is 471 g/mol. The first kappa shape index (κ1) is 22.8. The molecule has 8 nitrogen and oxygen atoms in total. The normalized spacial score (nSPS) is 20.4. The number of rotatable bonds is 4. The van der Waals surface area contributed by atoms with Gasteiger partial charge >= 0.3 is 6.18 Å². The molecule has 0 saturated carbocycles. The highest BCUT2D eigenvalue weighted by atomic mass is 35.5. The summed E-state index contributed by atoms with van der Waals surface area (Å²) >= 11 is 5.75. The predicted octanol–water partition coefficient (Wildman–Crippen LogP) is 1.94. The van der Waals surface area contributed by atoms with Gasteiger partial charge in [0, 0.05) is 31.9 Å². The van der Waals surface area contributed by atoms with Crippen molar-refractivity contribution in [2.24, 2.45) is 5.73 Å². The van der Waals surface area contributed by atoms with Gasteiger partial charge in [-0.3, -0.25) is 4.79 Å². The number of sulfonamides is 1. The largest absolute Gasteiger partial charge is 0.416 e. The third-order valence-corrected chi connectivity index (χ3v) is 7.53. The molecular formula is C19H19ClF3N5O3S. The molecule has 0 radical (unpaired) electrons. The first-order chi connectivity index (χ1) is 15.0. The minimum absolute atomic E-state index is 0.0450. The quantitative estimate of drug-likeness (QED) is 0.520. The molecule has 2 fully saturated rings. The molecule has 2 aromatic rings. The highest BCUT2D eigenvalue weighted by molar-refractivity contribution is 7.89. The van der Waals surface area contributed by atoms with Gasteiger partial charge in [0.05, 0.1) is 17.0 Å². The molecule has 1 amide bonds. The Balaban J connectivity index is 1.45. The van der Waals surface area contributed by atoms with Crippen LogP contribution in [0.1, 0.15) is 5.56 Å². The number of halogens is 4. The lowest BCUT2D eigenvalue weighted by atomic mass is 10.1. The highest BCUT2D eigenvalue weighted by Crippen LogP contribution is 2.33. The van der Waals surface area contributed by atoms with Crippen LogP contribution in [0.5, 0.6) is 0 Å². The molecule has 0 spiro atoms. The molecule has 0 aliphatic carbocycles. The molecule has 3 heterocycles. The number of hydrogen-bond acceptors (Lipinski definition) is 6. The molecule has 172 valence electrons. The molecule has 2 N–H and O–H groups in total. The van der Waals surface area contributed by atoms with Gasteiger partial charge in [0.2, 0.25) is 15.9 Å². The van der Waals surface area contributed by atoms with Gasteiger partial charge in [-0.15, -0.1) is 0 Å². The van der Waals surface area contributed by atoms with Crippen molar-refractivity contribution in [2.75, 3.05) is 42.5 Å². The van der Waals surface area contributed by atoms with E-state index in [-0.39, 0.29) is 48.0 Å². The molecule has 1 atom stereocenters. The van der Waals surface area contributed by atoms with Gasteiger partial charge in [-0.05, 0) is 36.4 Å². The van der Waals surface area contributed by atoms with Crippen LogP contribution in [0, 0.1) is 0 Å². The van der Waals surface area contributed by atoms with Crippen molar-refractivity contribution in [2.45, 2.75) is 17.1 Å². The topological polar surface area (TPSA) is 99.8 Å². The maximum absolute atomic E-state index is 13.0. The number of nitrogens with zero attached hydrogens (tertiary/aromatic N) is 4. The molecule has 13 heteroatoms. The van der Waals surface area contributed by atoms with Gasteiger partial charge in [0.25, 0.3) is 0 Å². The van der Waals surface area contributed by atoms with Crippen molar-refractivity contribution in [1.82, 2.24) is 9.29 Å². The second-order valence-corrected chi connectivity index (χ2v) is 9.80. The zero-order valence-corrected chi connectivity index (χ0v) is 18.2. The van der Waals surface area contributed by atoms with E-state index in [1.165, 1.54) is 21.3 Å². The molecule has 32 heavy (non-hydrogen) atoms. The Morgan fingerprint density at radius 2 is 1.69 bits per heavy atom. The second-order valence-electron chi connectivity index (χ2n) is 7.47. The minimum Gasteiger partial charge on any atom is -0.354 e. The van der Waals surface area contributed by atoms with Crippen molar-refractivity contribution in [3.63, 3.8) is 0 Å². The Hall–Kier alpha value is -2.41. The molecule has 4 rings (SSSR count). The number of carbonyl (C=O) groups is 1. The Kier molecular flexibility index (Phi) is 5.82. The number of pyridine rings is 1. The van der Waals surface area contributed by atoms with Crippen molar-refractivity contribution in [3.05, 3.63) is 47.1 Å². The fourth-order valence-corrected chi connectivity index (χ4v) is 5.22. The number of aromatic nitrogens is 1.